The molecule has 1 saturated heterocycles. The van der Waals surface area contributed by atoms with Crippen LogP contribution < -0.4 is 4.74 Å². The molecule has 1 unspecified atom stereocenters. The van der Waals surface area contributed by atoms with E-state index in [4.69, 9.17) is 4.74 Å². The van der Waals surface area contributed by atoms with E-state index >= 15 is 0 Å². The van der Waals surface area contributed by atoms with Crippen molar-refractivity contribution in [1.82, 2.24) is 14.5 Å². The van der Waals surface area contributed by atoms with Gasteiger partial charge in [-0.2, -0.15) is 0 Å². The molecule has 0 aliphatic carbocycles. The van der Waals surface area contributed by atoms with Gasteiger partial charge in [-0.1, -0.05) is 49.4 Å². The molecule has 0 saturated carbocycles. The molecule has 1 N–H and O–H groups in total. The molecule has 4 rings (SSSR count). The lowest BCUT2D eigenvalue weighted by atomic mass is 9.95. The third kappa shape index (κ3) is 4.82. The Balaban J connectivity index is 1.68. The molecule has 1 fully saturated rings. The first-order valence-corrected chi connectivity index (χ1v) is 11.1. The van der Waals surface area contributed by atoms with Crippen molar-refractivity contribution in [2.75, 3.05) is 13.2 Å². The smallest absolute Gasteiger partial charge is 0.295 e. The second-order valence-electron chi connectivity index (χ2n) is 7.93. The number of ether oxygens (including phenoxy) is 1. The number of amides is 1. The molecule has 3 aromatic rings. The van der Waals surface area contributed by atoms with Gasteiger partial charge in [-0.15, -0.1) is 0 Å². The molecule has 1 aliphatic rings. The van der Waals surface area contributed by atoms with Crippen LogP contribution in [0, 0.1) is 0 Å². The predicted molar refractivity (Wildman–Crippen MR) is 125 cm³/mol. The Morgan fingerprint density at radius 2 is 1.82 bits per heavy atom. The largest absolute Gasteiger partial charge is 0.507 e. The van der Waals surface area contributed by atoms with Crippen molar-refractivity contribution in [3.05, 3.63) is 90.0 Å². The lowest BCUT2D eigenvalue weighted by molar-refractivity contribution is -0.139. The van der Waals surface area contributed by atoms with Gasteiger partial charge in [-0.25, -0.2) is 4.98 Å². The zero-order valence-electron chi connectivity index (χ0n) is 18.6. The number of ketones is 1. The molecule has 2 heterocycles. The van der Waals surface area contributed by atoms with Crippen molar-refractivity contribution in [1.29, 1.82) is 0 Å². The first-order valence-electron chi connectivity index (χ1n) is 11.1. The minimum Gasteiger partial charge on any atom is -0.507 e. The van der Waals surface area contributed by atoms with Crippen LogP contribution in [0.25, 0.3) is 5.76 Å². The van der Waals surface area contributed by atoms with E-state index in [-0.39, 0.29) is 11.3 Å². The third-order valence-corrected chi connectivity index (χ3v) is 5.63. The van der Waals surface area contributed by atoms with Crippen LogP contribution in [-0.4, -0.2) is 44.4 Å². The van der Waals surface area contributed by atoms with E-state index in [2.05, 4.69) is 4.98 Å². The zero-order chi connectivity index (χ0) is 23.2. The van der Waals surface area contributed by atoms with E-state index in [1.165, 1.54) is 0 Å². The second kappa shape index (κ2) is 10.2. The molecule has 0 radical (unpaired) electrons. The number of benzene rings is 2. The maximum atomic E-state index is 13.1. The number of Topliss-reactive ketones (excluding diaryl/α,β-unsaturated/α-hetero) is 1. The average Bonchev–Trinajstić information content (AvgIpc) is 3.45. The van der Waals surface area contributed by atoms with Crippen LogP contribution in [-0.2, 0) is 16.1 Å². The quantitative estimate of drug-likeness (QED) is 0.303. The summed E-state index contributed by atoms with van der Waals surface area (Å²) in [5, 5.41) is 11.0. The van der Waals surface area contributed by atoms with Gasteiger partial charge < -0.3 is 19.3 Å². The lowest BCUT2D eigenvalue weighted by Gasteiger charge is -2.25. The Morgan fingerprint density at radius 3 is 2.48 bits per heavy atom. The van der Waals surface area contributed by atoms with E-state index in [1.807, 2.05) is 48.0 Å². The van der Waals surface area contributed by atoms with Gasteiger partial charge in [0.15, 0.2) is 0 Å². The first-order chi connectivity index (χ1) is 16.1. The third-order valence-electron chi connectivity index (χ3n) is 5.63. The van der Waals surface area contributed by atoms with Gasteiger partial charge in [0.1, 0.15) is 11.5 Å². The van der Waals surface area contributed by atoms with Gasteiger partial charge in [-0.3, -0.25) is 9.59 Å². The number of hydrogen-bond donors (Lipinski definition) is 1. The van der Waals surface area contributed by atoms with Crippen LogP contribution in [0.2, 0.25) is 0 Å². The zero-order valence-corrected chi connectivity index (χ0v) is 18.6. The highest BCUT2D eigenvalue weighted by Crippen LogP contribution is 2.39. The number of aryl methyl sites for hydroxylation is 1. The summed E-state index contributed by atoms with van der Waals surface area (Å²) in [5.41, 5.74) is 1.36. The van der Waals surface area contributed by atoms with Gasteiger partial charge in [0.25, 0.3) is 11.7 Å². The molecule has 1 aromatic heterocycles. The van der Waals surface area contributed by atoms with E-state index < -0.39 is 17.7 Å². The first kappa shape index (κ1) is 22.3. The summed E-state index contributed by atoms with van der Waals surface area (Å²) < 4.78 is 7.60. The highest BCUT2D eigenvalue weighted by molar-refractivity contribution is 6.46. The van der Waals surface area contributed by atoms with Crippen molar-refractivity contribution < 1.29 is 19.4 Å². The van der Waals surface area contributed by atoms with Crippen molar-refractivity contribution in [3.8, 4) is 5.75 Å². The van der Waals surface area contributed by atoms with Gasteiger partial charge >= 0.3 is 0 Å². The summed E-state index contributed by atoms with van der Waals surface area (Å²) in [7, 11) is 0. The number of carbonyl (C=O) groups is 2. The Hall–Kier alpha value is -3.87. The number of likely N-dealkylation sites (tertiary alicyclic amines) is 1. The van der Waals surface area contributed by atoms with Crippen LogP contribution in [0.3, 0.4) is 0 Å². The number of imidazole rings is 1. The second-order valence-corrected chi connectivity index (χ2v) is 7.93. The lowest BCUT2D eigenvalue weighted by Crippen LogP contribution is -2.31. The minimum atomic E-state index is -0.673. The minimum absolute atomic E-state index is 0.107. The van der Waals surface area contributed by atoms with E-state index in [0.717, 1.165) is 17.7 Å². The number of hydrogen-bond acceptors (Lipinski definition) is 5. The number of aliphatic hydroxyl groups excluding tert-OH is 1. The molecule has 170 valence electrons. The number of rotatable bonds is 9. The van der Waals surface area contributed by atoms with Crippen LogP contribution in [0.15, 0.2) is 78.9 Å². The predicted octanol–water partition coefficient (Wildman–Crippen LogP) is 4.18. The summed E-state index contributed by atoms with van der Waals surface area (Å²) >= 11 is 0. The Labute approximate surface area is 192 Å². The van der Waals surface area contributed by atoms with E-state index in [0.29, 0.717) is 31.7 Å². The molecular weight excluding hydrogens is 418 g/mol. The van der Waals surface area contributed by atoms with E-state index in [1.54, 1.807) is 41.7 Å². The fourth-order valence-corrected chi connectivity index (χ4v) is 4.02. The van der Waals surface area contributed by atoms with Crippen molar-refractivity contribution in [2.24, 2.45) is 0 Å². The molecule has 2 aromatic carbocycles. The highest BCUT2D eigenvalue weighted by atomic mass is 16.5. The summed E-state index contributed by atoms with van der Waals surface area (Å²) in [6.07, 6.45) is 6.82. The van der Waals surface area contributed by atoms with E-state index in [9.17, 15) is 14.7 Å². The van der Waals surface area contributed by atoms with Crippen LogP contribution in [0.1, 0.15) is 36.9 Å². The van der Waals surface area contributed by atoms with Gasteiger partial charge in [-0.05, 0) is 30.5 Å². The molecule has 1 atom stereocenters. The van der Waals surface area contributed by atoms with Gasteiger partial charge in [0.2, 0.25) is 0 Å². The maximum Gasteiger partial charge on any atom is 0.295 e. The van der Waals surface area contributed by atoms with Gasteiger partial charge in [0.05, 0.1) is 24.5 Å². The number of aromatic nitrogens is 2. The number of aliphatic hydroxyl groups is 1. The molecule has 7 heteroatoms. The molecule has 0 bridgehead atoms. The Bertz CT molecular complexity index is 1120. The SMILES string of the molecule is CCCOc1ccc(C2/C(=C(/O)c3ccccc3)C(=O)C(=O)N2CCCn2ccnc2)cc1. The van der Waals surface area contributed by atoms with Crippen molar-refractivity contribution in [2.45, 2.75) is 32.4 Å². The fourth-order valence-electron chi connectivity index (χ4n) is 4.02. The molecule has 7 nitrogen and oxygen atoms in total. The normalized spacial score (nSPS) is 17.5. The maximum absolute atomic E-state index is 13.1. The van der Waals surface area contributed by atoms with Crippen molar-refractivity contribution in [3.63, 3.8) is 0 Å². The summed E-state index contributed by atoms with van der Waals surface area (Å²) in [4.78, 5) is 31.7. The van der Waals surface area contributed by atoms with Crippen molar-refractivity contribution >= 4 is 17.4 Å². The summed E-state index contributed by atoms with van der Waals surface area (Å²) in [6, 6.07) is 15.5. The highest BCUT2D eigenvalue weighted by Gasteiger charge is 2.45. The molecular formula is C26H27N3O4. The molecule has 0 spiro atoms. The topological polar surface area (TPSA) is 84.7 Å². The van der Waals surface area contributed by atoms with Gasteiger partial charge in [0, 0.05) is 31.0 Å². The summed E-state index contributed by atoms with van der Waals surface area (Å²) in [6.45, 7) is 3.68. The Kier molecular flexibility index (Phi) is 6.88. The molecule has 1 amide bonds. The number of nitrogens with zero attached hydrogens (tertiary/aromatic N) is 3. The molecule has 33 heavy (non-hydrogen) atoms. The molecule has 1 aliphatic heterocycles. The summed E-state index contributed by atoms with van der Waals surface area (Å²) in [5.74, 6) is -0.715. The van der Waals surface area contributed by atoms with Crippen LogP contribution in [0.5, 0.6) is 5.75 Å². The monoisotopic (exact) mass is 445 g/mol. The number of carbonyl (C=O) groups excluding carboxylic acids is 2. The fraction of sp³-hybridized carbons (Fsp3) is 0.269. The van der Waals surface area contributed by atoms with Crippen LogP contribution in [0.4, 0.5) is 0 Å². The standard InChI is InChI=1S/C26H27N3O4/c1-2-17-33-21-11-9-19(10-12-21)23-22(24(30)20-7-4-3-5-8-20)25(31)26(32)29(23)15-6-14-28-16-13-27-18-28/h3-5,7-13,16,18,23,30H,2,6,14-15,17H2,1H3/b24-22-. The Morgan fingerprint density at radius 1 is 1.06 bits per heavy atom. The van der Waals surface area contributed by atoms with Crippen LogP contribution >= 0.6 is 0 Å². The average molecular weight is 446 g/mol.